The number of halogens is 2. The van der Waals surface area contributed by atoms with Gasteiger partial charge in [0.05, 0.1) is 12.6 Å². The van der Waals surface area contributed by atoms with Crippen LogP contribution in [0.4, 0.5) is 5.69 Å². The van der Waals surface area contributed by atoms with Crippen molar-refractivity contribution in [3.05, 3.63) is 88.7 Å². The summed E-state index contributed by atoms with van der Waals surface area (Å²) >= 11 is 12.3. The number of nitrogens with zero attached hydrogens (tertiary/aromatic N) is 2. The van der Waals surface area contributed by atoms with Gasteiger partial charge in [0, 0.05) is 29.0 Å². The number of hydrogen-bond donors (Lipinski definition) is 0. The molecule has 0 N–H and O–H groups in total. The predicted octanol–water partition coefficient (Wildman–Crippen LogP) is 5.61. The zero-order valence-electron chi connectivity index (χ0n) is 16.6. The highest BCUT2D eigenvalue weighted by Gasteiger charge is 2.47. The van der Waals surface area contributed by atoms with Gasteiger partial charge in [-0.25, -0.2) is 0 Å². The quantitative estimate of drug-likeness (QED) is 0.353. The van der Waals surface area contributed by atoms with Gasteiger partial charge in [0.25, 0.3) is 0 Å². The van der Waals surface area contributed by atoms with Crippen molar-refractivity contribution in [2.75, 3.05) is 11.5 Å². The van der Waals surface area contributed by atoms with E-state index in [1.54, 1.807) is 17.0 Å². The molecule has 0 radical (unpaired) electrons. The normalized spacial score (nSPS) is 18.2. The summed E-state index contributed by atoms with van der Waals surface area (Å²) in [4.78, 5) is 18.5. The molecule has 0 spiro atoms. The standard InChI is InChI=1S/C24H22Cl2N2O2/c1-2-16-3-8-19(27-15-16)13-14-30-21-11-4-17(5-12-21)23-22(26)24(29)28(23)20-9-6-18(25)7-10-20/h3-12,15,22-23H,2,13-14H2,1H3. The molecule has 0 bridgehead atoms. The van der Waals surface area contributed by atoms with Crippen LogP contribution in [-0.2, 0) is 17.6 Å². The lowest BCUT2D eigenvalue weighted by molar-refractivity contribution is -0.123. The lowest BCUT2D eigenvalue weighted by Crippen LogP contribution is -2.56. The van der Waals surface area contributed by atoms with Crippen LogP contribution in [0.15, 0.2) is 66.9 Å². The van der Waals surface area contributed by atoms with Crippen molar-refractivity contribution >= 4 is 34.8 Å². The molecule has 1 aliphatic rings. The van der Waals surface area contributed by atoms with Crippen LogP contribution in [0, 0.1) is 0 Å². The lowest BCUT2D eigenvalue weighted by atomic mass is 9.92. The lowest BCUT2D eigenvalue weighted by Gasteiger charge is -2.44. The third-order valence-corrected chi connectivity index (χ3v) is 5.95. The van der Waals surface area contributed by atoms with E-state index in [0.717, 1.165) is 35.5 Å². The van der Waals surface area contributed by atoms with E-state index < -0.39 is 5.38 Å². The Morgan fingerprint density at radius 2 is 1.77 bits per heavy atom. The number of aromatic nitrogens is 1. The molecule has 2 heterocycles. The van der Waals surface area contributed by atoms with Crippen LogP contribution in [0.5, 0.6) is 5.75 Å². The van der Waals surface area contributed by atoms with E-state index in [1.165, 1.54) is 5.56 Å². The zero-order valence-corrected chi connectivity index (χ0v) is 18.1. The molecule has 6 heteroatoms. The third-order valence-electron chi connectivity index (χ3n) is 5.28. The van der Waals surface area contributed by atoms with Gasteiger partial charge in [-0.1, -0.05) is 36.7 Å². The summed E-state index contributed by atoms with van der Waals surface area (Å²) in [7, 11) is 0. The van der Waals surface area contributed by atoms with Crippen molar-refractivity contribution in [2.24, 2.45) is 0 Å². The van der Waals surface area contributed by atoms with Gasteiger partial charge in [-0.05, 0) is 60.0 Å². The second-order valence-electron chi connectivity index (χ2n) is 7.21. The van der Waals surface area contributed by atoms with Gasteiger partial charge >= 0.3 is 0 Å². The molecule has 154 valence electrons. The minimum Gasteiger partial charge on any atom is -0.493 e. The summed E-state index contributed by atoms with van der Waals surface area (Å²) in [6.07, 6.45) is 3.65. The van der Waals surface area contributed by atoms with Gasteiger partial charge in [0.2, 0.25) is 5.91 Å². The van der Waals surface area contributed by atoms with Crippen molar-refractivity contribution in [2.45, 2.75) is 31.2 Å². The first-order valence-electron chi connectivity index (χ1n) is 9.96. The highest BCUT2D eigenvalue weighted by molar-refractivity contribution is 6.37. The molecule has 1 fully saturated rings. The summed E-state index contributed by atoms with van der Waals surface area (Å²) in [6.45, 7) is 2.67. The van der Waals surface area contributed by atoms with E-state index in [4.69, 9.17) is 27.9 Å². The van der Waals surface area contributed by atoms with E-state index in [9.17, 15) is 4.79 Å². The second-order valence-corrected chi connectivity index (χ2v) is 8.12. The summed E-state index contributed by atoms with van der Waals surface area (Å²) in [5.41, 5.74) is 4.00. The average Bonchev–Trinajstić information content (AvgIpc) is 2.79. The highest BCUT2D eigenvalue weighted by atomic mass is 35.5. The Bertz CT molecular complexity index is 1000. The second kappa shape index (κ2) is 9.07. The van der Waals surface area contributed by atoms with E-state index in [2.05, 4.69) is 18.0 Å². The van der Waals surface area contributed by atoms with Crippen LogP contribution in [-0.4, -0.2) is 22.9 Å². The third kappa shape index (κ3) is 4.30. The number of carbonyl (C=O) groups excluding carboxylic acids is 1. The van der Waals surface area contributed by atoms with Gasteiger partial charge in [-0.15, -0.1) is 11.6 Å². The molecule has 2 unspecified atom stereocenters. The Hall–Kier alpha value is -2.56. The molecule has 1 aliphatic heterocycles. The minimum atomic E-state index is -0.579. The number of amides is 1. The van der Waals surface area contributed by atoms with Crippen molar-refractivity contribution in [3.8, 4) is 5.75 Å². The monoisotopic (exact) mass is 440 g/mol. The number of aryl methyl sites for hydroxylation is 1. The van der Waals surface area contributed by atoms with E-state index in [1.807, 2.05) is 48.7 Å². The predicted molar refractivity (Wildman–Crippen MR) is 121 cm³/mol. The maximum Gasteiger partial charge on any atom is 0.248 e. The molecule has 1 saturated heterocycles. The SMILES string of the molecule is CCc1ccc(CCOc2ccc(C3C(Cl)C(=O)N3c3ccc(Cl)cc3)cc2)nc1. The number of benzene rings is 2. The van der Waals surface area contributed by atoms with Gasteiger partial charge in [0.1, 0.15) is 11.1 Å². The van der Waals surface area contributed by atoms with Gasteiger partial charge in [-0.3, -0.25) is 9.78 Å². The fourth-order valence-corrected chi connectivity index (χ4v) is 4.00. The number of alkyl halides is 1. The van der Waals surface area contributed by atoms with Gasteiger partial charge < -0.3 is 9.64 Å². The minimum absolute atomic E-state index is 0.106. The fraction of sp³-hybridized carbons (Fsp3) is 0.250. The summed E-state index contributed by atoms with van der Waals surface area (Å²) < 4.78 is 5.86. The number of hydrogen-bond acceptors (Lipinski definition) is 3. The molecule has 2 aromatic carbocycles. The van der Waals surface area contributed by atoms with Crippen LogP contribution in [0.3, 0.4) is 0 Å². The molecule has 2 atom stereocenters. The highest BCUT2D eigenvalue weighted by Crippen LogP contribution is 2.42. The molecule has 4 rings (SSSR count). The largest absolute Gasteiger partial charge is 0.493 e. The van der Waals surface area contributed by atoms with E-state index in [-0.39, 0.29) is 11.9 Å². The molecule has 30 heavy (non-hydrogen) atoms. The van der Waals surface area contributed by atoms with Crippen LogP contribution < -0.4 is 9.64 Å². The van der Waals surface area contributed by atoms with E-state index >= 15 is 0 Å². The molecule has 4 nitrogen and oxygen atoms in total. The molecular formula is C24H22Cl2N2O2. The van der Waals surface area contributed by atoms with Crippen molar-refractivity contribution in [3.63, 3.8) is 0 Å². The maximum atomic E-state index is 12.3. The smallest absolute Gasteiger partial charge is 0.248 e. The Kier molecular flexibility index (Phi) is 6.26. The molecule has 1 amide bonds. The molecule has 1 aromatic heterocycles. The number of carbonyl (C=O) groups is 1. The number of anilines is 1. The Labute approximate surface area is 186 Å². The number of β-lactam (4-membered cyclic amide) rings is 1. The van der Waals surface area contributed by atoms with Crippen LogP contribution in [0.25, 0.3) is 0 Å². The summed E-state index contributed by atoms with van der Waals surface area (Å²) in [5.74, 6) is 0.671. The molecular weight excluding hydrogens is 419 g/mol. The first-order chi connectivity index (χ1) is 14.6. The molecule has 0 saturated carbocycles. The number of rotatable bonds is 7. The zero-order chi connectivity index (χ0) is 21.1. The Balaban J connectivity index is 1.38. The van der Waals surface area contributed by atoms with Crippen molar-refractivity contribution in [1.29, 1.82) is 0 Å². The van der Waals surface area contributed by atoms with E-state index in [0.29, 0.717) is 11.6 Å². The first-order valence-corrected chi connectivity index (χ1v) is 10.8. The maximum absolute atomic E-state index is 12.3. The fourth-order valence-electron chi connectivity index (χ4n) is 3.51. The Morgan fingerprint density at radius 1 is 1.03 bits per heavy atom. The number of pyridine rings is 1. The average molecular weight is 441 g/mol. The number of ether oxygens (including phenoxy) is 1. The van der Waals surface area contributed by atoms with Crippen LogP contribution in [0.1, 0.15) is 29.8 Å². The molecule has 3 aromatic rings. The van der Waals surface area contributed by atoms with Gasteiger partial charge in [-0.2, -0.15) is 0 Å². The Morgan fingerprint density at radius 3 is 2.40 bits per heavy atom. The van der Waals surface area contributed by atoms with Crippen LogP contribution in [0.2, 0.25) is 5.02 Å². The topological polar surface area (TPSA) is 42.4 Å². The first kappa shape index (κ1) is 20.7. The van der Waals surface area contributed by atoms with Crippen LogP contribution >= 0.6 is 23.2 Å². The van der Waals surface area contributed by atoms with Crippen molar-refractivity contribution < 1.29 is 9.53 Å². The van der Waals surface area contributed by atoms with Gasteiger partial charge in [0.15, 0.2) is 0 Å². The summed E-state index contributed by atoms with van der Waals surface area (Å²) in [6, 6.07) is 18.9. The summed E-state index contributed by atoms with van der Waals surface area (Å²) in [5, 5.41) is 0.0494. The van der Waals surface area contributed by atoms with Crippen molar-refractivity contribution in [1.82, 2.24) is 4.98 Å². The molecule has 0 aliphatic carbocycles.